The predicted molar refractivity (Wildman–Crippen MR) is 295 cm³/mol. The lowest BCUT2D eigenvalue weighted by molar-refractivity contribution is 1.14. The third-order valence-electron chi connectivity index (χ3n) is 14.3. The Morgan fingerprint density at radius 3 is 1.23 bits per heavy atom. The molecule has 330 valence electrons. The van der Waals surface area contributed by atoms with Crippen LogP contribution in [-0.2, 0) is 0 Å². The molecule has 3 aromatic heterocycles. The van der Waals surface area contributed by atoms with Crippen LogP contribution in [0.2, 0.25) is 0 Å². The fourth-order valence-electron chi connectivity index (χ4n) is 11.4. The molecule has 0 N–H and O–H groups in total. The first-order valence-corrected chi connectivity index (χ1v) is 25.6. The molecule has 3 nitrogen and oxygen atoms in total. The van der Waals surface area contributed by atoms with Crippen LogP contribution in [0.5, 0.6) is 0 Å². The number of hydrogen-bond acceptors (Lipinski definition) is 0. The monoisotopic (exact) mass is 911 g/mol. The van der Waals surface area contributed by atoms with E-state index >= 15 is 0 Å². The standard InChI is InChI=1S/C66H45N3S/c1-5-21-46(22-6-1)54-34-20-38-64-66(54)58-41-39-49(68-60-35-16-13-31-55(60)56-32-14-17-36-61(56)68)45-65(58)69(64)48-40-42-63-59(44-48)57-33-15-18-37-62(57)67(63)47-23-19-30-53(43-47)70(50-24-7-2-8-25-50,51-26-9-3-10-27-51)52-28-11-4-12-29-52/h1-45H. The molecule has 11 aromatic carbocycles. The van der Waals surface area contributed by atoms with Crippen molar-refractivity contribution >= 4 is 75.4 Å². The number of rotatable bonds is 8. The third-order valence-corrected chi connectivity index (χ3v) is 18.2. The van der Waals surface area contributed by atoms with Gasteiger partial charge in [-0.3, -0.25) is 0 Å². The Hall–Kier alpha value is -8.83. The number of fused-ring (bicyclic) bond motifs is 9. The largest absolute Gasteiger partial charge is 0.309 e. The maximum absolute atomic E-state index is 2.50. The van der Waals surface area contributed by atoms with Gasteiger partial charge >= 0.3 is 0 Å². The first-order chi connectivity index (χ1) is 34.8. The lowest BCUT2D eigenvalue weighted by Gasteiger charge is -2.42. The number of aromatic nitrogens is 3. The van der Waals surface area contributed by atoms with Crippen molar-refractivity contribution in [1.29, 1.82) is 0 Å². The molecule has 0 fully saturated rings. The Morgan fingerprint density at radius 2 is 0.643 bits per heavy atom. The SMILES string of the molecule is c1ccc(-c2cccc3c2c2ccc(-n4c5ccccc5c5ccccc54)cc2n3-c2ccc3c(c2)c2ccccc2n3-c2cccc(S(c3ccccc3)(c3ccccc3)c3ccccc3)c2)cc1. The molecule has 0 saturated heterocycles. The molecule has 0 atom stereocenters. The summed E-state index contributed by atoms with van der Waals surface area (Å²) in [7, 11) is -1.90. The van der Waals surface area contributed by atoms with E-state index in [0.29, 0.717) is 0 Å². The summed E-state index contributed by atoms with van der Waals surface area (Å²) in [5, 5.41) is 7.40. The molecule has 0 amide bonds. The molecular formula is C66H45N3S. The van der Waals surface area contributed by atoms with Gasteiger partial charge in [-0.1, -0.05) is 164 Å². The zero-order chi connectivity index (χ0) is 46.2. The van der Waals surface area contributed by atoms with Gasteiger partial charge in [0.05, 0.1) is 33.1 Å². The Labute approximate surface area is 407 Å². The van der Waals surface area contributed by atoms with Gasteiger partial charge in [0.2, 0.25) is 0 Å². The van der Waals surface area contributed by atoms with Gasteiger partial charge in [0.15, 0.2) is 0 Å². The smallest absolute Gasteiger partial charge is 0.0562 e. The molecule has 3 heterocycles. The van der Waals surface area contributed by atoms with Crippen LogP contribution in [0.15, 0.2) is 293 Å². The van der Waals surface area contributed by atoms with E-state index in [-0.39, 0.29) is 0 Å². The normalized spacial score (nSPS) is 12.2. The predicted octanol–water partition coefficient (Wildman–Crippen LogP) is 18.0. The van der Waals surface area contributed by atoms with Crippen LogP contribution in [0, 0.1) is 0 Å². The van der Waals surface area contributed by atoms with Crippen LogP contribution in [0.25, 0.3) is 93.6 Å². The minimum atomic E-state index is -1.90. The van der Waals surface area contributed by atoms with Crippen LogP contribution >= 0.6 is 10.0 Å². The molecule has 0 aliphatic heterocycles. The molecule has 0 bridgehead atoms. The number of nitrogens with zero attached hydrogens (tertiary/aromatic N) is 3. The molecule has 0 radical (unpaired) electrons. The second-order valence-electron chi connectivity index (χ2n) is 18.1. The van der Waals surface area contributed by atoms with Crippen molar-refractivity contribution < 1.29 is 0 Å². The van der Waals surface area contributed by atoms with Gasteiger partial charge in [0.25, 0.3) is 0 Å². The summed E-state index contributed by atoms with van der Waals surface area (Å²) in [4.78, 5) is 5.20. The fraction of sp³-hybridized carbons (Fsp3) is 0. The fourth-order valence-corrected chi connectivity index (χ4v) is 15.3. The highest BCUT2D eigenvalue weighted by molar-refractivity contribution is 8.34. The van der Waals surface area contributed by atoms with E-state index in [1.54, 1.807) is 0 Å². The second-order valence-corrected chi connectivity index (χ2v) is 21.2. The van der Waals surface area contributed by atoms with Crippen molar-refractivity contribution in [2.45, 2.75) is 19.6 Å². The summed E-state index contributed by atoms with van der Waals surface area (Å²) in [6, 6.07) is 101. The zero-order valence-corrected chi connectivity index (χ0v) is 39.0. The molecule has 0 unspecified atom stereocenters. The van der Waals surface area contributed by atoms with Crippen molar-refractivity contribution in [2.75, 3.05) is 0 Å². The highest BCUT2D eigenvalue weighted by atomic mass is 32.3. The average molecular weight is 912 g/mol. The van der Waals surface area contributed by atoms with Crippen molar-refractivity contribution in [3.05, 3.63) is 273 Å². The van der Waals surface area contributed by atoms with E-state index in [1.165, 1.54) is 90.6 Å². The van der Waals surface area contributed by atoms with Crippen molar-refractivity contribution in [1.82, 2.24) is 13.7 Å². The molecule has 70 heavy (non-hydrogen) atoms. The van der Waals surface area contributed by atoms with E-state index in [4.69, 9.17) is 0 Å². The molecule has 0 spiro atoms. The van der Waals surface area contributed by atoms with Gasteiger partial charge in [0, 0.05) is 69.0 Å². The molecule has 0 saturated carbocycles. The molecular weight excluding hydrogens is 867 g/mol. The van der Waals surface area contributed by atoms with Crippen LogP contribution in [0.1, 0.15) is 0 Å². The summed E-state index contributed by atoms with van der Waals surface area (Å²) < 4.78 is 7.40. The molecule has 14 rings (SSSR count). The number of benzene rings is 11. The average Bonchev–Trinajstić information content (AvgIpc) is 4.08. The molecule has 0 aliphatic carbocycles. The summed E-state index contributed by atoms with van der Waals surface area (Å²) in [5.74, 6) is 0. The summed E-state index contributed by atoms with van der Waals surface area (Å²) in [6.07, 6.45) is 0. The van der Waals surface area contributed by atoms with E-state index in [0.717, 1.165) is 22.6 Å². The van der Waals surface area contributed by atoms with E-state index in [1.807, 2.05) is 0 Å². The van der Waals surface area contributed by atoms with Crippen LogP contribution in [-0.4, -0.2) is 13.7 Å². The molecule has 0 aliphatic rings. The van der Waals surface area contributed by atoms with Crippen LogP contribution < -0.4 is 0 Å². The summed E-state index contributed by atoms with van der Waals surface area (Å²) >= 11 is 0. The van der Waals surface area contributed by atoms with Gasteiger partial charge in [-0.25, -0.2) is 0 Å². The minimum Gasteiger partial charge on any atom is -0.309 e. The maximum atomic E-state index is 2.50. The van der Waals surface area contributed by atoms with Crippen LogP contribution in [0.4, 0.5) is 0 Å². The summed E-state index contributed by atoms with van der Waals surface area (Å²) in [5.41, 5.74) is 12.9. The van der Waals surface area contributed by atoms with Crippen LogP contribution in [0.3, 0.4) is 0 Å². The molecule has 14 aromatic rings. The van der Waals surface area contributed by atoms with Gasteiger partial charge in [0.1, 0.15) is 0 Å². The van der Waals surface area contributed by atoms with Crippen molar-refractivity contribution in [3.63, 3.8) is 0 Å². The van der Waals surface area contributed by atoms with Gasteiger partial charge in [-0.05, 0) is 120 Å². The Bertz CT molecular complexity index is 4130. The number of hydrogen-bond donors (Lipinski definition) is 0. The zero-order valence-electron chi connectivity index (χ0n) is 38.2. The number of para-hydroxylation sites is 3. The topological polar surface area (TPSA) is 14.8 Å². The quantitative estimate of drug-likeness (QED) is 0.144. The van der Waals surface area contributed by atoms with E-state index in [2.05, 4.69) is 287 Å². The Balaban J connectivity index is 1.01. The van der Waals surface area contributed by atoms with Crippen molar-refractivity contribution in [3.8, 4) is 28.2 Å². The van der Waals surface area contributed by atoms with E-state index < -0.39 is 10.0 Å². The van der Waals surface area contributed by atoms with Crippen molar-refractivity contribution in [2.24, 2.45) is 0 Å². The van der Waals surface area contributed by atoms with Gasteiger partial charge < -0.3 is 13.7 Å². The Morgan fingerprint density at radius 1 is 0.229 bits per heavy atom. The molecule has 4 heteroatoms. The highest BCUT2D eigenvalue weighted by Gasteiger charge is 2.33. The second kappa shape index (κ2) is 16.2. The lowest BCUT2D eigenvalue weighted by Crippen LogP contribution is -2.06. The first-order valence-electron chi connectivity index (χ1n) is 24.0. The maximum Gasteiger partial charge on any atom is 0.0562 e. The third kappa shape index (κ3) is 6.03. The van der Waals surface area contributed by atoms with E-state index in [9.17, 15) is 0 Å². The first kappa shape index (κ1) is 40.3. The summed E-state index contributed by atoms with van der Waals surface area (Å²) in [6.45, 7) is 0. The highest BCUT2D eigenvalue weighted by Crippen LogP contribution is 2.73. The lowest BCUT2D eigenvalue weighted by atomic mass is 9.99. The minimum absolute atomic E-state index is 1.12. The Kier molecular flexibility index (Phi) is 9.29. The van der Waals surface area contributed by atoms with Gasteiger partial charge in [-0.15, -0.1) is 10.0 Å². The van der Waals surface area contributed by atoms with Gasteiger partial charge in [-0.2, -0.15) is 0 Å².